The van der Waals surface area contributed by atoms with Crippen molar-refractivity contribution in [3.05, 3.63) is 81.8 Å². The lowest BCUT2D eigenvalue weighted by Gasteiger charge is -2.17. The molecule has 1 aliphatic rings. The Morgan fingerprint density at radius 3 is 2.45 bits per heavy atom. The molecule has 4 rings (SSSR count). The summed E-state index contributed by atoms with van der Waals surface area (Å²) >= 11 is 1.52. The molecule has 0 saturated heterocycles. The molecule has 3 aromatic rings. The molecule has 0 fully saturated rings. The van der Waals surface area contributed by atoms with Crippen LogP contribution in [0, 0.1) is 0 Å². The average molecular weight is 403 g/mol. The van der Waals surface area contributed by atoms with Crippen LogP contribution in [0.4, 0.5) is 0 Å². The molecule has 0 unspecified atom stereocenters. The summed E-state index contributed by atoms with van der Waals surface area (Å²) in [6.45, 7) is 8.46. The number of thiophene rings is 1. The lowest BCUT2D eigenvalue weighted by molar-refractivity contribution is 0.103. The molecule has 3 heteroatoms. The van der Waals surface area contributed by atoms with Crippen molar-refractivity contribution in [3.8, 4) is 11.5 Å². The first-order chi connectivity index (χ1) is 14.0. The summed E-state index contributed by atoms with van der Waals surface area (Å²) < 4.78 is 7.40. The predicted octanol–water partition coefficient (Wildman–Crippen LogP) is 8.06. The largest absolute Gasteiger partial charge is 0.455 e. The SMILES string of the molecule is CC1=CCCC(C)=C1C(=O)c1sc2ccccc2c1Oc1ccc(C(C)C)cc1. The zero-order valence-electron chi connectivity index (χ0n) is 17.4. The van der Waals surface area contributed by atoms with Crippen LogP contribution in [0.3, 0.4) is 0 Å². The van der Waals surface area contributed by atoms with Gasteiger partial charge in [-0.2, -0.15) is 0 Å². The van der Waals surface area contributed by atoms with Crippen LogP contribution in [0.25, 0.3) is 10.1 Å². The summed E-state index contributed by atoms with van der Waals surface area (Å²) in [5.74, 6) is 1.98. The van der Waals surface area contributed by atoms with E-state index in [0.717, 1.165) is 39.8 Å². The van der Waals surface area contributed by atoms with Gasteiger partial charge in [0.05, 0.1) is 0 Å². The third-order valence-corrected chi connectivity index (χ3v) is 6.69. The molecule has 0 aliphatic heterocycles. The van der Waals surface area contributed by atoms with Gasteiger partial charge in [0.25, 0.3) is 0 Å². The van der Waals surface area contributed by atoms with E-state index in [0.29, 0.717) is 16.5 Å². The molecule has 0 bridgehead atoms. The summed E-state index contributed by atoms with van der Waals surface area (Å²) in [6.07, 6.45) is 4.11. The van der Waals surface area contributed by atoms with E-state index in [9.17, 15) is 4.79 Å². The molecule has 29 heavy (non-hydrogen) atoms. The Morgan fingerprint density at radius 2 is 1.76 bits per heavy atom. The Labute approximate surface area is 176 Å². The monoisotopic (exact) mass is 402 g/mol. The second-order valence-electron chi connectivity index (χ2n) is 7.99. The van der Waals surface area contributed by atoms with E-state index < -0.39 is 0 Å². The molecule has 2 aromatic carbocycles. The van der Waals surface area contributed by atoms with Crippen LogP contribution < -0.4 is 4.74 Å². The highest BCUT2D eigenvalue weighted by Gasteiger charge is 2.26. The van der Waals surface area contributed by atoms with Crippen molar-refractivity contribution >= 4 is 27.2 Å². The zero-order chi connectivity index (χ0) is 20.5. The van der Waals surface area contributed by atoms with Crippen LogP contribution in [-0.2, 0) is 0 Å². The van der Waals surface area contributed by atoms with Crippen LogP contribution in [0.15, 0.2) is 71.3 Å². The van der Waals surface area contributed by atoms with Gasteiger partial charge in [0, 0.05) is 15.7 Å². The number of allylic oxidation sites excluding steroid dienone is 4. The number of Topliss-reactive ketones (excluding diaryl/α,β-unsaturated/α-hetero) is 1. The standard InChI is InChI=1S/C26H26O2S/c1-16(2)19-12-14-20(15-13-19)28-25-21-10-5-6-11-22(21)29-26(25)24(27)23-17(3)8-7-9-18(23)4/h5-6,8,10-16H,7,9H2,1-4H3. The lowest BCUT2D eigenvalue weighted by Crippen LogP contribution is -2.09. The van der Waals surface area contributed by atoms with Crippen LogP contribution in [-0.4, -0.2) is 5.78 Å². The summed E-state index contributed by atoms with van der Waals surface area (Å²) in [5, 5.41) is 0.990. The maximum atomic E-state index is 13.6. The number of hydrogen-bond acceptors (Lipinski definition) is 3. The van der Waals surface area contributed by atoms with E-state index >= 15 is 0 Å². The van der Waals surface area contributed by atoms with Crippen LogP contribution >= 0.6 is 11.3 Å². The molecule has 1 aromatic heterocycles. The first-order valence-electron chi connectivity index (χ1n) is 10.2. The minimum absolute atomic E-state index is 0.0750. The van der Waals surface area contributed by atoms with Crippen molar-refractivity contribution in [2.45, 2.75) is 46.5 Å². The van der Waals surface area contributed by atoms with Crippen molar-refractivity contribution in [1.29, 1.82) is 0 Å². The molecule has 0 N–H and O–H groups in total. The van der Waals surface area contributed by atoms with Crippen LogP contribution in [0.1, 0.15) is 61.7 Å². The van der Waals surface area contributed by atoms with E-state index in [1.165, 1.54) is 22.5 Å². The van der Waals surface area contributed by atoms with E-state index in [1.54, 1.807) is 0 Å². The molecule has 1 heterocycles. The smallest absolute Gasteiger partial charge is 0.206 e. The Kier molecular flexibility index (Phi) is 5.42. The van der Waals surface area contributed by atoms with Crippen molar-refractivity contribution in [3.63, 3.8) is 0 Å². The number of hydrogen-bond donors (Lipinski definition) is 0. The van der Waals surface area contributed by atoms with Gasteiger partial charge in [0.15, 0.2) is 5.75 Å². The molecule has 0 atom stereocenters. The highest BCUT2D eigenvalue weighted by atomic mass is 32.1. The van der Waals surface area contributed by atoms with Gasteiger partial charge in [0.1, 0.15) is 10.6 Å². The Bertz CT molecular complexity index is 1130. The van der Waals surface area contributed by atoms with Gasteiger partial charge < -0.3 is 4.74 Å². The van der Waals surface area contributed by atoms with E-state index in [-0.39, 0.29) is 5.78 Å². The molecule has 1 aliphatic carbocycles. The summed E-state index contributed by atoms with van der Waals surface area (Å²) in [7, 11) is 0. The van der Waals surface area contributed by atoms with E-state index in [2.05, 4.69) is 45.0 Å². The maximum Gasteiger partial charge on any atom is 0.206 e. The molecule has 0 amide bonds. The van der Waals surface area contributed by atoms with Crippen molar-refractivity contribution in [2.24, 2.45) is 0 Å². The molecule has 148 valence electrons. The predicted molar refractivity (Wildman–Crippen MR) is 122 cm³/mol. The molecule has 2 nitrogen and oxygen atoms in total. The van der Waals surface area contributed by atoms with Gasteiger partial charge in [-0.15, -0.1) is 11.3 Å². The Hall–Kier alpha value is -2.65. The summed E-state index contributed by atoms with van der Waals surface area (Å²) in [4.78, 5) is 14.3. The minimum Gasteiger partial charge on any atom is -0.455 e. The summed E-state index contributed by atoms with van der Waals surface area (Å²) in [6, 6.07) is 16.3. The molecular weight excluding hydrogens is 376 g/mol. The molecular formula is C26H26O2S. The van der Waals surface area contributed by atoms with Gasteiger partial charge >= 0.3 is 0 Å². The average Bonchev–Trinajstić information content (AvgIpc) is 3.07. The maximum absolute atomic E-state index is 13.6. The Balaban J connectivity index is 1.79. The minimum atomic E-state index is 0.0750. The van der Waals surface area contributed by atoms with Crippen molar-refractivity contribution < 1.29 is 9.53 Å². The van der Waals surface area contributed by atoms with Gasteiger partial charge in [-0.05, 0) is 68.0 Å². The fourth-order valence-electron chi connectivity index (χ4n) is 3.87. The van der Waals surface area contributed by atoms with Crippen molar-refractivity contribution in [2.75, 3.05) is 0 Å². The first-order valence-corrected chi connectivity index (χ1v) is 11.0. The van der Waals surface area contributed by atoms with Gasteiger partial charge in [-0.3, -0.25) is 4.79 Å². The fraction of sp³-hybridized carbons (Fsp3) is 0.269. The van der Waals surface area contributed by atoms with Crippen LogP contribution in [0.2, 0.25) is 0 Å². The Morgan fingerprint density at radius 1 is 1.03 bits per heavy atom. The lowest BCUT2D eigenvalue weighted by atomic mass is 9.89. The number of fused-ring (bicyclic) bond motifs is 1. The van der Waals surface area contributed by atoms with E-state index in [4.69, 9.17) is 4.74 Å². The second-order valence-corrected chi connectivity index (χ2v) is 9.04. The zero-order valence-corrected chi connectivity index (χ0v) is 18.2. The number of carbonyl (C=O) groups excluding carboxylic acids is 1. The molecule has 0 spiro atoms. The highest BCUT2D eigenvalue weighted by Crippen LogP contribution is 2.43. The third-order valence-electron chi connectivity index (χ3n) is 5.54. The van der Waals surface area contributed by atoms with Gasteiger partial charge in [-0.1, -0.05) is 49.8 Å². The van der Waals surface area contributed by atoms with Crippen LogP contribution in [0.5, 0.6) is 11.5 Å². The number of ketones is 1. The quantitative estimate of drug-likeness (QED) is 0.403. The van der Waals surface area contributed by atoms with Crippen molar-refractivity contribution in [1.82, 2.24) is 0 Å². The molecule has 0 saturated carbocycles. The number of carbonyl (C=O) groups is 1. The number of rotatable bonds is 5. The van der Waals surface area contributed by atoms with Gasteiger partial charge in [0.2, 0.25) is 5.78 Å². The molecule has 0 radical (unpaired) electrons. The topological polar surface area (TPSA) is 26.3 Å². The van der Waals surface area contributed by atoms with E-state index in [1.807, 2.05) is 37.3 Å². The highest BCUT2D eigenvalue weighted by molar-refractivity contribution is 7.21. The fourth-order valence-corrected chi connectivity index (χ4v) is 4.94. The normalized spacial score (nSPS) is 14.4. The number of ether oxygens (including phenoxy) is 1. The third kappa shape index (κ3) is 3.79. The summed E-state index contributed by atoms with van der Waals surface area (Å²) in [5.41, 5.74) is 4.36. The van der Waals surface area contributed by atoms with Gasteiger partial charge in [-0.25, -0.2) is 0 Å². The second kappa shape index (κ2) is 8.00. The number of benzene rings is 2. The first kappa shape index (κ1) is 19.7.